The second-order valence-electron chi connectivity index (χ2n) is 4.34. The molecule has 0 bridgehead atoms. The van der Waals surface area contributed by atoms with Gasteiger partial charge in [0.05, 0.1) is 6.33 Å². The number of likely N-dealkylation sites (N-methyl/N-ethyl adjacent to an activating group) is 1. The minimum Gasteiger partial charge on any atom is -0.357 e. The molecule has 94 valence electrons. The van der Waals surface area contributed by atoms with Gasteiger partial charge in [0.1, 0.15) is 10.3 Å². The van der Waals surface area contributed by atoms with E-state index in [1.807, 2.05) is 11.9 Å². The number of rotatable bonds is 4. The third-order valence-corrected chi connectivity index (χ3v) is 3.80. The molecular weight excluding hydrogens is 284 g/mol. The second kappa shape index (κ2) is 5.64. The molecule has 0 aromatic carbocycles. The SMILES string of the molecule is CN(CCN1CCCC1)c1nc[nH]c(=O)c1Br. The average molecular weight is 301 g/mol. The molecule has 0 aliphatic carbocycles. The van der Waals surface area contributed by atoms with E-state index in [1.165, 1.54) is 32.3 Å². The molecule has 17 heavy (non-hydrogen) atoms. The van der Waals surface area contributed by atoms with Crippen LogP contribution in [0.2, 0.25) is 0 Å². The van der Waals surface area contributed by atoms with E-state index in [-0.39, 0.29) is 5.56 Å². The van der Waals surface area contributed by atoms with Crippen LogP contribution < -0.4 is 10.5 Å². The first-order chi connectivity index (χ1) is 8.18. The molecule has 0 unspecified atom stereocenters. The summed E-state index contributed by atoms with van der Waals surface area (Å²) in [6.45, 7) is 4.29. The Morgan fingerprint density at radius 3 is 2.94 bits per heavy atom. The number of aromatic nitrogens is 2. The quantitative estimate of drug-likeness (QED) is 0.904. The smallest absolute Gasteiger partial charge is 0.267 e. The molecule has 5 nitrogen and oxygen atoms in total. The summed E-state index contributed by atoms with van der Waals surface area (Å²) in [5, 5.41) is 0. The molecule has 1 aromatic rings. The van der Waals surface area contributed by atoms with Gasteiger partial charge >= 0.3 is 0 Å². The Kier molecular flexibility index (Phi) is 4.17. The maximum Gasteiger partial charge on any atom is 0.267 e. The highest BCUT2D eigenvalue weighted by Gasteiger charge is 2.14. The van der Waals surface area contributed by atoms with Crippen molar-refractivity contribution in [3.05, 3.63) is 21.2 Å². The average Bonchev–Trinajstić information content (AvgIpc) is 2.82. The summed E-state index contributed by atoms with van der Waals surface area (Å²) >= 11 is 3.27. The number of anilines is 1. The van der Waals surface area contributed by atoms with Crippen molar-refractivity contribution in [1.82, 2.24) is 14.9 Å². The molecule has 6 heteroatoms. The van der Waals surface area contributed by atoms with Gasteiger partial charge < -0.3 is 14.8 Å². The Labute approximate surface area is 109 Å². The molecule has 0 radical (unpaired) electrons. The predicted octanol–water partition coefficient (Wildman–Crippen LogP) is 1.06. The van der Waals surface area contributed by atoms with Crippen molar-refractivity contribution < 1.29 is 0 Å². The highest BCUT2D eigenvalue weighted by Crippen LogP contribution is 2.17. The largest absolute Gasteiger partial charge is 0.357 e. The molecule has 1 saturated heterocycles. The first-order valence-electron chi connectivity index (χ1n) is 5.85. The lowest BCUT2D eigenvalue weighted by Gasteiger charge is -2.22. The van der Waals surface area contributed by atoms with Crippen LogP contribution in [0, 0.1) is 0 Å². The lowest BCUT2D eigenvalue weighted by Crippen LogP contribution is -2.32. The number of nitrogens with one attached hydrogen (secondary N) is 1. The molecule has 1 aliphatic heterocycles. The Bertz CT molecular complexity index is 428. The molecule has 1 N–H and O–H groups in total. The Morgan fingerprint density at radius 1 is 1.53 bits per heavy atom. The number of hydrogen-bond acceptors (Lipinski definition) is 4. The number of likely N-dealkylation sites (tertiary alicyclic amines) is 1. The van der Waals surface area contributed by atoms with E-state index in [4.69, 9.17) is 0 Å². The zero-order valence-corrected chi connectivity index (χ0v) is 11.5. The maximum absolute atomic E-state index is 11.4. The summed E-state index contributed by atoms with van der Waals surface area (Å²) in [5.41, 5.74) is -0.136. The minimum absolute atomic E-state index is 0.136. The number of H-pyrrole nitrogens is 1. The highest BCUT2D eigenvalue weighted by atomic mass is 79.9. The van der Waals surface area contributed by atoms with E-state index in [1.54, 1.807) is 0 Å². The van der Waals surface area contributed by atoms with Crippen LogP contribution in [0.25, 0.3) is 0 Å². The molecule has 1 aromatic heterocycles. The van der Waals surface area contributed by atoms with E-state index in [0.717, 1.165) is 13.1 Å². The fourth-order valence-electron chi connectivity index (χ4n) is 2.04. The fourth-order valence-corrected chi connectivity index (χ4v) is 2.56. The van der Waals surface area contributed by atoms with Crippen LogP contribution in [0.15, 0.2) is 15.6 Å². The zero-order chi connectivity index (χ0) is 12.3. The van der Waals surface area contributed by atoms with E-state index >= 15 is 0 Å². The van der Waals surface area contributed by atoms with Crippen molar-refractivity contribution >= 4 is 21.7 Å². The van der Waals surface area contributed by atoms with E-state index in [0.29, 0.717) is 10.3 Å². The van der Waals surface area contributed by atoms with Crippen LogP contribution in [0.5, 0.6) is 0 Å². The second-order valence-corrected chi connectivity index (χ2v) is 5.13. The van der Waals surface area contributed by atoms with Crippen molar-refractivity contribution in [2.45, 2.75) is 12.8 Å². The van der Waals surface area contributed by atoms with Crippen LogP contribution in [0.4, 0.5) is 5.82 Å². The van der Waals surface area contributed by atoms with Crippen LogP contribution in [0.3, 0.4) is 0 Å². The Balaban J connectivity index is 1.96. The third-order valence-electron chi connectivity index (χ3n) is 3.09. The normalized spacial score (nSPS) is 16.4. The highest BCUT2D eigenvalue weighted by molar-refractivity contribution is 9.10. The third kappa shape index (κ3) is 3.07. The Morgan fingerprint density at radius 2 is 2.24 bits per heavy atom. The predicted molar refractivity (Wildman–Crippen MR) is 71.5 cm³/mol. The lowest BCUT2D eigenvalue weighted by molar-refractivity contribution is 0.346. The van der Waals surface area contributed by atoms with E-state index in [9.17, 15) is 4.79 Å². The summed E-state index contributed by atoms with van der Waals surface area (Å²) in [7, 11) is 1.96. The van der Waals surface area contributed by atoms with Crippen LogP contribution in [0.1, 0.15) is 12.8 Å². The maximum atomic E-state index is 11.4. The summed E-state index contributed by atoms with van der Waals surface area (Å²) in [6.07, 6.45) is 4.04. The van der Waals surface area contributed by atoms with Crippen molar-refractivity contribution in [3.63, 3.8) is 0 Å². The van der Waals surface area contributed by atoms with Crippen LogP contribution in [-0.4, -0.2) is 48.1 Å². The molecule has 1 aliphatic rings. The van der Waals surface area contributed by atoms with Crippen molar-refractivity contribution in [2.75, 3.05) is 38.1 Å². The summed E-state index contributed by atoms with van der Waals surface area (Å²) in [6, 6.07) is 0. The van der Waals surface area contributed by atoms with Gasteiger partial charge in [-0.05, 0) is 41.9 Å². The lowest BCUT2D eigenvalue weighted by atomic mass is 10.4. The molecule has 0 saturated carbocycles. The first-order valence-corrected chi connectivity index (χ1v) is 6.64. The molecule has 2 heterocycles. The van der Waals surface area contributed by atoms with Gasteiger partial charge in [-0.15, -0.1) is 0 Å². The van der Waals surface area contributed by atoms with Gasteiger partial charge in [-0.25, -0.2) is 4.98 Å². The summed E-state index contributed by atoms with van der Waals surface area (Å²) in [4.78, 5) is 22.6. The number of hydrogen-bond donors (Lipinski definition) is 1. The van der Waals surface area contributed by atoms with Crippen molar-refractivity contribution in [2.24, 2.45) is 0 Å². The molecule has 2 rings (SSSR count). The molecule has 0 atom stereocenters. The number of aromatic amines is 1. The molecule has 0 spiro atoms. The molecule has 1 fully saturated rings. The number of halogens is 1. The van der Waals surface area contributed by atoms with Gasteiger partial charge in [-0.2, -0.15) is 0 Å². The van der Waals surface area contributed by atoms with Crippen molar-refractivity contribution in [1.29, 1.82) is 0 Å². The van der Waals surface area contributed by atoms with Crippen molar-refractivity contribution in [3.8, 4) is 0 Å². The van der Waals surface area contributed by atoms with Crippen LogP contribution in [-0.2, 0) is 0 Å². The monoisotopic (exact) mass is 300 g/mol. The first kappa shape index (κ1) is 12.6. The van der Waals surface area contributed by atoms with Gasteiger partial charge in [-0.3, -0.25) is 4.79 Å². The molecule has 0 amide bonds. The van der Waals surface area contributed by atoms with Gasteiger partial charge in [0.15, 0.2) is 0 Å². The van der Waals surface area contributed by atoms with Gasteiger partial charge in [0.25, 0.3) is 5.56 Å². The zero-order valence-electron chi connectivity index (χ0n) is 9.95. The molecular formula is C11H17BrN4O. The fraction of sp³-hybridized carbons (Fsp3) is 0.636. The topological polar surface area (TPSA) is 52.2 Å². The Hall–Kier alpha value is -0.880. The van der Waals surface area contributed by atoms with Gasteiger partial charge in [-0.1, -0.05) is 0 Å². The summed E-state index contributed by atoms with van der Waals surface area (Å²) in [5.74, 6) is 0.702. The summed E-state index contributed by atoms with van der Waals surface area (Å²) < 4.78 is 0.504. The van der Waals surface area contributed by atoms with E-state index < -0.39 is 0 Å². The van der Waals surface area contributed by atoms with Gasteiger partial charge in [0.2, 0.25) is 0 Å². The van der Waals surface area contributed by atoms with Crippen LogP contribution >= 0.6 is 15.9 Å². The standard InChI is InChI=1S/C11H17BrN4O/c1-15(6-7-16-4-2-3-5-16)10-9(12)11(17)14-8-13-10/h8H,2-7H2,1H3,(H,13,14,17). The number of nitrogens with zero attached hydrogens (tertiary/aromatic N) is 3. The minimum atomic E-state index is -0.136. The van der Waals surface area contributed by atoms with Gasteiger partial charge in [0, 0.05) is 20.1 Å². The van der Waals surface area contributed by atoms with E-state index in [2.05, 4.69) is 30.8 Å².